The predicted octanol–water partition coefficient (Wildman–Crippen LogP) is 3.36. The number of hydrogen-bond donors (Lipinski definition) is 2. The minimum absolute atomic E-state index is 0.152. The molecule has 0 bridgehead atoms. The second-order valence-electron chi connectivity index (χ2n) is 7.71. The molecular formula is C24H26ClFN4O4. The number of nitrogens with one attached hydrogen (secondary N) is 2. The van der Waals surface area contributed by atoms with Crippen molar-refractivity contribution in [2.45, 2.75) is 26.0 Å². The minimum atomic E-state index is -0.510. The van der Waals surface area contributed by atoms with Crippen LogP contribution in [-0.4, -0.2) is 55.7 Å². The molecule has 1 unspecified atom stereocenters. The Hall–Kier alpha value is -3.19. The van der Waals surface area contributed by atoms with E-state index in [0.717, 1.165) is 12.1 Å². The smallest absolute Gasteiger partial charge is 0.255 e. The molecule has 2 amide bonds. The summed E-state index contributed by atoms with van der Waals surface area (Å²) in [4.78, 5) is 26.8. The Kier molecular flexibility index (Phi) is 9.22. The number of ether oxygens (including phenoxy) is 2. The van der Waals surface area contributed by atoms with Crippen LogP contribution in [0.1, 0.15) is 29.3 Å². The molecule has 3 rings (SSSR count). The van der Waals surface area contributed by atoms with Gasteiger partial charge in [0.05, 0.1) is 41.7 Å². The van der Waals surface area contributed by atoms with Crippen molar-refractivity contribution in [2.75, 3.05) is 38.2 Å². The molecule has 1 fully saturated rings. The molecule has 2 N–H and O–H groups in total. The molecule has 1 atom stereocenters. The van der Waals surface area contributed by atoms with E-state index in [1.807, 2.05) is 0 Å². The Balaban J connectivity index is 1.61. The van der Waals surface area contributed by atoms with Gasteiger partial charge in [-0.05, 0) is 30.7 Å². The van der Waals surface area contributed by atoms with Gasteiger partial charge in [0.25, 0.3) is 5.91 Å². The van der Waals surface area contributed by atoms with Crippen LogP contribution >= 0.6 is 11.6 Å². The van der Waals surface area contributed by atoms with Gasteiger partial charge in [0.1, 0.15) is 18.0 Å². The van der Waals surface area contributed by atoms with Crippen molar-refractivity contribution in [2.24, 2.45) is 0 Å². The molecule has 0 aromatic heterocycles. The maximum Gasteiger partial charge on any atom is 0.255 e. The van der Waals surface area contributed by atoms with Crippen LogP contribution in [0, 0.1) is 17.1 Å². The highest BCUT2D eigenvalue weighted by Crippen LogP contribution is 2.31. The van der Waals surface area contributed by atoms with Gasteiger partial charge in [-0.1, -0.05) is 23.7 Å². The second-order valence-corrected chi connectivity index (χ2v) is 8.12. The Morgan fingerprint density at radius 2 is 2.09 bits per heavy atom. The number of carbonyl (C=O) groups is 2. The molecule has 34 heavy (non-hydrogen) atoms. The van der Waals surface area contributed by atoms with Crippen molar-refractivity contribution in [3.8, 4) is 11.8 Å². The van der Waals surface area contributed by atoms with Gasteiger partial charge in [-0.15, -0.1) is 0 Å². The average Bonchev–Trinajstić information content (AvgIpc) is 2.81. The molecule has 10 heteroatoms. The SMILES string of the molecule is CCOc1cc(NC(=O)CC#N)c(Cl)cc1C(=O)NCC1CN(Cc2ccc(F)cc2)CCO1. The lowest BCUT2D eigenvalue weighted by Gasteiger charge is -2.33. The van der Waals surface area contributed by atoms with E-state index >= 15 is 0 Å². The zero-order chi connectivity index (χ0) is 24.5. The van der Waals surface area contributed by atoms with Crippen molar-refractivity contribution < 1.29 is 23.5 Å². The number of halogens is 2. The van der Waals surface area contributed by atoms with Gasteiger partial charge >= 0.3 is 0 Å². The van der Waals surface area contributed by atoms with Crippen molar-refractivity contribution in [3.63, 3.8) is 0 Å². The molecule has 0 spiro atoms. The van der Waals surface area contributed by atoms with Crippen LogP contribution in [0.5, 0.6) is 5.75 Å². The molecule has 1 aliphatic rings. The molecule has 2 aromatic carbocycles. The number of rotatable bonds is 9. The average molecular weight is 489 g/mol. The van der Waals surface area contributed by atoms with Gasteiger partial charge in [-0.25, -0.2) is 4.39 Å². The van der Waals surface area contributed by atoms with E-state index < -0.39 is 5.91 Å². The van der Waals surface area contributed by atoms with Gasteiger partial charge in [0, 0.05) is 32.2 Å². The van der Waals surface area contributed by atoms with Crippen molar-refractivity contribution in [1.82, 2.24) is 10.2 Å². The number of benzene rings is 2. The number of nitriles is 1. The van der Waals surface area contributed by atoms with Crippen molar-refractivity contribution in [1.29, 1.82) is 5.26 Å². The van der Waals surface area contributed by atoms with E-state index in [1.165, 1.54) is 24.3 Å². The Bertz CT molecular complexity index is 1060. The topological polar surface area (TPSA) is 104 Å². The number of hydrogen-bond acceptors (Lipinski definition) is 6. The molecule has 1 saturated heterocycles. The fourth-order valence-corrected chi connectivity index (χ4v) is 3.78. The summed E-state index contributed by atoms with van der Waals surface area (Å²) in [6.45, 7) is 4.90. The summed E-state index contributed by atoms with van der Waals surface area (Å²) in [6.07, 6.45) is -0.532. The summed E-state index contributed by atoms with van der Waals surface area (Å²) >= 11 is 6.26. The summed E-state index contributed by atoms with van der Waals surface area (Å²) in [6, 6.07) is 11.0. The highest BCUT2D eigenvalue weighted by atomic mass is 35.5. The molecule has 180 valence electrons. The molecule has 0 saturated carbocycles. The van der Waals surface area contributed by atoms with Gasteiger partial charge in [0.15, 0.2) is 0 Å². The zero-order valence-electron chi connectivity index (χ0n) is 18.8. The monoisotopic (exact) mass is 488 g/mol. The first-order chi connectivity index (χ1) is 16.4. The number of nitrogens with zero attached hydrogens (tertiary/aromatic N) is 2. The molecule has 8 nitrogen and oxygen atoms in total. The van der Waals surface area contributed by atoms with Gasteiger partial charge < -0.3 is 20.1 Å². The van der Waals surface area contributed by atoms with Gasteiger partial charge in [0.2, 0.25) is 5.91 Å². The fraction of sp³-hybridized carbons (Fsp3) is 0.375. The second kappa shape index (κ2) is 12.3. The predicted molar refractivity (Wildman–Crippen MR) is 125 cm³/mol. The Morgan fingerprint density at radius 3 is 2.79 bits per heavy atom. The third-order valence-electron chi connectivity index (χ3n) is 5.16. The van der Waals surface area contributed by atoms with Crippen molar-refractivity contribution >= 4 is 29.1 Å². The largest absolute Gasteiger partial charge is 0.493 e. The summed E-state index contributed by atoms with van der Waals surface area (Å²) in [5, 5.41) is 14.2. The van der Waals surface area contributed by atoms with E-state index in [2.05, 4.69) is 15.5 Å². The van der Waals surface area contributed by atoms with Gasteiger partial charge in [-0.3, -0.25) is 14.5 Å². The van der Waals surface area contributed by atoms with E-state index in [4.69, 9.17) is 26.3 Å². The maximum atomic E-state index is 13.1. The first-order valence-corrected chi connectivity index (χ1v) is 11.3. The van der Waals surface area contributed by atoms with E-state index in [9.17, 15) is 14.0 Å². The fourth-order valence-electron chi connectivity index (χ4n) is 3.57. The van der Waals surface area contributed by atoms with E-state index in [0.29, 0.717) is 26.3 Å². The lowest BCUT2D eigenvalue weighted by atomic mass is 10.1. The summed E-state index contributed by atoms with van der Waals surface area (Å²) in [5.74, 6) is -0.905. The highest BCUT2D eigenvalue weighted by molar-refractivity contribution is 6.34. The normalized spacial score (nSPS) is 15.9. The lowest BCUT2D eigenvalue weighted by Crippen LogP contribution is -2.47. The third kappa shape index (κ3) is 7.15. The van der Waals surface area contributed by atoms with Crippen LogP contribution in [-0.2, 0) is 16.1 Å². The molecule has 2 aromatic rings. The van der Waals surface area contributed by atoms with Crippen LogP contribution in [0.4, 0.5) is 10.1 Å². The molecular weight excluding hydrogens is 463 g/mol. The highest BCUT2D eigenvalue weighted by Gasteiger charge is 2.23. The summed E-state index contributed by atoms with van der Waals surface area (Å²) in [7, 11) is 0. The maximum absolute atomic E-state index is 13.1. The lowest BCUT2D eigenvalue weighted by molar-refractivity contribution is -0.115. The third-order valence-corrected chi connectivity index (χ3v) is 5.47. The molecule has 1 aliphatic heterocycles. The van der Waals surface area contributed by atoms with Crippen molar-refractivity contribution in [3.05, 3.63) is 58.4 Å². The van der Waals surface area contributed by atoms with Crippen LogP contribution < -0.4 is 15.4 Å². The number of carbonyl (C=O) groups excluding carboxylic acids is 2. The summed E-state index contributed by atoms with van der Waals surface area (Å²) in [5.41, 5.74) is 1.49. The summed E-state index contributed by atoms with van der Waals surface area (Å²) < 4.78 is 24.5. The molecule has 0 aliphatic carbocycles. The van der Waals surface area contributed by atoms with Crippen LogP contribution in [0.15, 0.2) is 36.4 Å². The zero-order valence-corrected chi connectivity index (χ0v) is 19.5. The molecule has 1 heterocycles. The van der Waals surface area contributed by atoms with E-state index in [1.54, 1.807) is 25.1 Å². The van der Waals surface area contributed by atoms with Crippen LogP contribution in [0.3, 0.4) is 0 Å². The first kappa shape index (κ1) is 25.4. The Morgan fingerprint density at radius 1 is 1.32 bits per heavy atom. The minimum Gasteiger partial charge on any atom is -0.493 e. The van der Waals surface area contributed by atoms with E-state index in [-0.39, 0.29) is 52.8 Å². The van der Waals surface area contributed by atoms with Crippen LogP contribution in [0.25, 0.3) is 0 Å². The first-order valence-electron chi connectivity index (χ1n) is 10.9. The van der Waals surface area contributed by atoms with Crippen LogP contribution in [0.2, 0.25) is 5.02 Å². The van der Waals surface area contributed by atoms with Gasteiger partial charge in [-0.2, -0.15) is 5.26 Å². The quantitative estimate of drug-likeness (QED) is 0.561. The molecule has 0 radical (unpaired) electrons. The Labute approximate surface area is 202 Å². The number of morpholine rings is 1. The standard InChI is InChI=1S/C24H26ClFN4O4/c1-2-33-22-12-21(29-23(31)7-8-27)20(25)11-19(22)24(32)28-13-18-15-30(9-10-34-18)14-16-3-5-17(26)6-4-16/h3-6,11-12,18H,2,7,9-10,13-15H2,1H3,(H,28,32)(H,29,31). The number of anilines is 1. The number of amides is 2.